The maximum Gasteiger partial charge on any atom is 0.252 e. The molecule has 0 saturated carbocycles. The smallest absolute Gasteiger partial charge is 0.252 e. The Morgan fingerprint density at radius 3 is 1.39 bits per heavy atom. The third kappa shape index (κ3) is 8.81. The number of anilines is 6. The van der Waals surface area contributed by atoms with E-state index in [1.54, 1.807) is 0 Å². The molecule has 13 aromatic carbocycles. The van der Waals surface area contributed by atoms with Crippen molar-refractivity contribution in [3.05, 3.63) is 315 Å². The van der Waals surface area contributed by atoms with Crippen LogP contribution in [0.4, 0.5) is 34.1 Å². The average molecular weight is 1210 g/mol. The fourth-order valence-electron chi connectivity index (χ4n) is 14.5. The van der Waals surface area contributed by atoms with E-state index in [2.05, 4.69) is 239 Å². The Labute approximate surface area is 547 Å². The lowest BCUT2D eigenvalue weighted by Gasteiger charge is -2.45. The Kier molecular flexibility index (Phi) is 12.5. The normalized spacial score (nSPS) is 12.4. The van der Waals surface area contributed by atoms with Gasteiger partial charge in [-0.05, 0) is 113 Å². The predicted octanol–water partition coefficient (Wildman–Crippen LogP) is 18.8. The van der Waals surface area contributed by atoms with Crippen molar-refractivity contribution in [2.24, 2.45) is 0 Å². The van der Waals surface area contributed by atoms with E-state index in [1.807, 2.05) is 91.0 Å². The van der Waals surface area contributed by atoms with Gasteiger partial charge < -0.3 is 18.8 Å². The summed E-state index contributed by atoms with van der Waals surface area (Å²) in [6, 6.07) is 111. The van der Waals surface area contributed by atoms with Gasteiger partial charge in [-0.1, -0.05) is 224 Å². The van der Waals surface area contributed by atoms with Gasteiger partial charge in [0.1, 0.15) is 11.2 Å². The lowest BCUT2D eigenvalue weighted by atomic mass is 9.33. The summed E-state index contributed by atoms with van der Waals surface area (Å²) in [4.78, 5) is 37.2. The lowest BCUT2D eigenvalue weighted by Crippen LogP contribution is -2.61. The van der Waals surface area contributed by atoms with Crippen LogP contribution in [0.5, 0.6) is 0 Å². The molecule has 19 rings (SSSR count). The molecule has 0 aliphatic carbocycles. The first-order chi connectivity index (χ1) is 47.1. The molecule has 0 bridgehead atoms. The van der Waals surface area contributed by atoms with Crippen LogP contribution in [-0.2, 0) is 0 Å². The van der Waals surface area contributed by atoms with E-state index in [-0.39, 0.29) is 6.71 Å². The maximum atomic E-state index is 6.84. The largest absolute Gasteiger partial charge is 0.455 e. The molecule has 95 heavy (non-hydrogen) atoms. The highest BCUT2D eigenvalue weighted by atomic mass is 16.3. The zero-order valence-electron chi connectivity index (χ0n) is 51.0. The molecule has 0 saturated heterocycles. The zero-order chi connectivity index (χ0) is 62.5. The van der Waals surface area contributed by atoms with Crippen molar-refractivity contribution in [3.8, 4) is 85.1 Å². The van der Waals surface area contributed by atoms with Crippen molar-refractivity contribution in [3.63, 3.8) is 0 Å². The van der Waals surface area contributed by atoms with E-state index in [1.165, 1.54) is 16.4 Å². The van der Waals surface area contributed by atoms with E-state index in [0.29, 0.717) is 34.9 Å². The highest BCUT2D eigenvalue weighted by Crippen LogP contribution is 2.49. The molecule has 0 amide bonds. The number of nitrogens with zero attached hydrogens (tertiary/aromatic N) is 9. The summed E-state index contributed by atoms with van der Waals surface area (Å²) in [7, 11) is 0. The Hall–Kier alpha value is -12.9. The number of hydrogen-bond donors (Lipinski definition) is 0. The third-order valence-corrected chi connectivity index (χ3v) is 18.7. The summed E-state index contributed by atoms with van der Waals surface area (Å²) in [5.74, 6) is 3.12. The Morgan fingerprint density at radius 2 is 0.758 bits per heavy atom. The average Bonchev–Trinajstić information content (AvgIpc) is 1.71. The van der Waals surface area contributed by atoms with Gasteiger partial charge >= 0.3 is 0 Å². The van der Waals surface area contributed by atoms with E-state index >= 15 is 0 Å². The molecule has 4 aromatic heterocycles. The van der Waals surface area contributed by atoms with E-state index in [4.69, 9.17) is 34.3 Å². The molecular weight excluding hydrogens is 1160 g/mol. The van der Waals surface area contributed by atoms with Gasteiger partial charge in [0.15, 0.2) is 34.9 Å². The lowest BCUT2D eigenvalue weighted by molar-refractivity contribution is 0.673. The van der Waals surface area contributed by atoms with Crippen LogP contribution >= 0.6 is 0 Å². The number of hydrogen-bond acceptors (Lipinski definition) is 9. The van der Waals surface area contributed by atoms with E-state index in [9.17, 15) is 0 Å². The van der Waals surface area contributed by atoms with Gasteiger partial charge in [0, 0.05) is 83.5 Å². The molecule has 11 heteroatoms. The van der Waals surface area contributed by atoms with Gasteiger partial charge in [-0.3, -0.25) is 0 Å². The van der Waals surface area contributed by atoms with Crippen LogP contribution in [0.15, 0.2) is 320 Å². The van der Waals surface area contributed by atoms with Gasteiger partial charge in [0.05, 0.1) is 27.8 Å². The number of rotatable bonds is 10. The predicted molar refractivity (Wildman–Crippen MR) is 387 cm³/mol. The van der Waals surface area contributed by atoms with Gasteiger partial charge in [0.2, 0.25) is 0 Å². The van der Waals surface area contributed by atoms with Crippen LogP contribution in [-0.4, -0.2) is 41.2 Å². The van der Waals surface area contributed by atoms with Gasteiger partial charge in [-0.2, -0.15) is 0 Å². The van der Waals surface area contributed by atoms with Crippen molar-refractivity contribution in [2.45, 2.75) is 0 Å². The van der Waals surface area contributed by atoms with Gasteiger partial charge in [-0.25, -0.2) is 29.9 Å². The summed E-state index contributed by atoms with van der Waals surface area (Å²) < 4.78 is 9.16. The number of benzene rings is 13. The second-order valence-corrected chi connectivity index (χ2v) is 24.1. The Balaban J connectivity index is 0.854. The Bertz CT molecular complexity index is 5820. The van der Waals surface area contributed by atoms with Crippen LogP contribution < -0.4 is 26.2 Å². The van der Waals surface area contributed by atoms with Crippen molar-refractivity contribution < 1.29 is 4.42 Å². The number of furan rings is 1. The number of aromatic nitrogens is 7. The molecule has 2 aliphatic rings. The molecule has 442 valence electrons. The van der Waals surface area contributed by atoms with Crippen LogP contribution in [0.25, 0.3) is 129 Å². The molecule has 0 fully saturated rings. The van der Waals surface area contributed by atoms with Gasteiger partial charge in [-0.15, -0.1) is 0 Å². The van der Waals surface area contributed by atoms with Crippen LogP contribution in [0.2, 0.25) is 0 Å². The second kappa shape index (κ2) is 21.9. The van der Waals surface area contributed by atoms with Gasteiger partial charge in [0.25, 0.3) is 6.71 Å². The fourth-order valence-corrected chi connectivity index (χ4v) is 14.5. The molecule has 0 atom stereocenters. The SMILES string of the molecule is c1ccc(-c2nc(-c3ccccc3)nc(-c3ccc(-n4c5ccccc5c5c6oc7ccccc7c6ccc54)c(-c4nc(-c5ccccc5)nc(-c5cccc(-c6ccc7c8c6N(c6ccccc6)c6ccccc6B8c6ccccc6N7c6ccccc6)c5)n4)c3)n2)cc1. The summed E-state index contributed by atoms with van der Waals surface area (Å²) in [6.07, 6.45) is 0. The van der Waals surface area contributed by atoms with Crippen molar-refractivity contribution in [2.75, 3.05) is 9.80 Å². The topological polar surface area (TPSA) is 102 Å². The van der Waals surface area contributed by atoms with Crippen LogP contribution in [0.3, 0.4) is 0 Å². The second-order valence-electron chi connectivity index (χ2n) is 24.1. The maximum absolute atomic E-state index is 6.84. The third-order valence-electron chi connectivity index (χ3n) is 18.7. The van der Waals surface area contributed by atoms with E-state index in [0.717, 1.165) is 128 Å². The minimum absolute atomic E-state index is 0.0633. The molecule has 0 radical (unpaired) electrons. The van der Waals surface area contributed by atoms with Crippen LogP contribution in [0, 0.1) is 0 Å². The summed E-state index contributed by atoms with van der Waals surface area (Å²) in [5.41, 5.74) is 21.9. The quantitative estimate of drug-likeness (QED) is 0.124. The zero-order valence-corrected chi connectivity index (χ0v) is 51.0. The molecule has 6 heterocycles. The first kappa shape index (κ1) is 53.9. The van der Waals surface area contributed by atoms with E-state index < -0.39 is 0 Å². The minimum Gasteiger partial charge on any atom is -0.455 e. The first-order valence-corrected chi connectivity index (χ1v) is 32.0. The monoisotopic (exact) mass is 1210 g/mol. The molecule has 17 aromatic rings. The number of para-hydroxylation sites is 6. The van der Waals surface area contributed by atoms with Crippen LogP contribution in [0.1, 0.15) is 0 Å². The highest BCUT2D eigenvalue weighted by molar-refractivity contribution is 7.00. The highest BCUT2D eigenvalue weighted by Gasteiger charge is 2.44. The van der Waals surface area contributed by atoms with Crippen molar-refractivity contribution in [1.82, 2.24) is 34.5 Å². The standard InChI is InChI=1S/C84H52BN9O/c1-6-25-53(26-7-1)79-86-80(54-27-8-2-9-28-54)88-83(87-79)58-45-48-69(94-68-41-20-16-38-64(68)75-72(94)49-47-63-62-37-17-23-44-74(62)95-78(63)75)65(52-58)84-90-81(55-29-10-3-11-30-55)89-82(91-84)57-32-24-31-56(51-57)61-46-50-73-76-77(61)93(60-35-14-5-15-36-60)71-43-22-19-40-67(71)85(76)66-39-18-21-42-70(66)92(73)59-33-12-4-13-34-59/h1-52H. The summed E-state index contributed by atoms with van der Waals surface area (Å²) in [6.45, 7) is -0.0633. The minimum atomic E-state index is -0.0633. The van der Waals surface area contributed by atoms with Crippen molar-refractivity contribution in [1.29, 1.82) is 0 Å². The summed E-state index contributed by atoms with van der Waals surface area (Å²) >= 11 is 0. The Morgan fingerprint density at radius 1 is 0.284 bits per heavy atom. The number of fused-ring (bicyclic) bond motifs is 11. The molecule has 2 aliphatic heterocycles. The fraction of sp³-hybridized carbons (Fsp3) is 0. The molecule has 10 nitrogen and oxygen atoms in total. The molecule has 0 unspecified atom stereocenters. The molecule has 0 spiro atoms. The molecule has 0 N–H and O–H groups in total. The van der Waals surface area contributed by atoms with Crippen molar-refractivity contribution >= 4 is 101 Å². The molecular formula is C84H52BN9O. The summed E-state index contributed by atoms with van der Waals surface area (Å²) in [5, 5.41) is 4.19. The first-order valence-electron chi connectivity index (χ1n) is 32.0.